The van der Waals surface area contributed by atoms with Gasteiger partial charge < -0.3 is 5.32 Å². The van der Waals surface area contributed by atoms with Gasteiger partial charge in [-0.25, -0.2) is 0 Å². The Morgan fingerprint density at radius 2 is 2.20 bits per heavy atom. The van der Waals surface area contributed by atoms with Gasteiger partial charge in [0.15, 0.2) is 0 Å². The molecule has 0 bridgehead atoms. The number of halogens is 1. The van der Waals surface area contributed by atoms with Crippen molar-refractivity contribution in [3.05, 3.63) is 34.3 Å². The van der Waals surface area contributed by atoms with Gasteiger partial charge in [0.05, 0.1) is 0 Å². The summed E-state index contributed by atoms with van der Waals surface area (Å²) < 4.78 is 0. The first-order chi connectivity index (χ1) is 7.24. The van der Waals surface area contributed by atoms with Gasteiger partial charge in [0.2, 0.25) is 0 Å². The molecule has 0 aliphatic heterocycles. The van der Waals surface area contributed by atoms with Crippen LogP contribution in [0.3, 0.4) is 0 Å². The maximum Gasteiger partial charge on any atom is 0.0438 e. The second-order valence-electron chi connectivity index (χ2n) is 3.44. The fourth-order valence-corrected chi connectivity index (χ4v) is 1.46. The van der Waals surface area contributed by atoms with Gasteiger partial charge in [0, 0.05) is 24.5 Å². The molecule has 0 unspecified atom stereocenters. The number of aryl methyl sites for hydroxylation is 1. The zero-order chi connectivity index (χ0) is 11.1. The molecule has 0 fully saturated rings. The molecule has 1 aromatic carbocycles. The second-order valence-corrected chi connectivity index (χ2v) is 3.84. The number of nitrogens with one attached hydrogen (secondary N) is 1. The molecule has 0 amide bonds. The molecule has 1 rings (SSSR count). The molecular formula is C13H16ClN. The Morgan fingerprint density at radius 3 is 2.87 bits per heavy atom. The van der Waals surface area contributed by atoms with Gasteiger partial charge in [0.25, 0.3) is 0 Å². The van der Waals surface area contributed by atoms with E-state index in [0.29, 0.717) is 0 Å². The summed E-state index contributed by atoms with van der Waals surface area (Å²) in [4.78, 5) is 0. The van der Waals surface area contributed by atoms with Crippen LogP contribution < -0.4 is 5.32 Å². The molecule has 80 valence electrons. The van der Waals surface area contributed by atoms with E-state index >= 15 is 0 Å². The maximum absolute atomic E-state index is 6.03. The van der Waals surface area contributed by atoms with Crippen LogP contribution in [0.5, 0.6) is 0 Å². The van der Waals surface area contributed by atoms with Crippen molar-refractivity contribution in [2.45, 2.75) is 26.8 Å². The Kier molecular flexibility index (Phi) is 5.25. The average Bonchev–Trinajstić information content (AvgIpc) is 2.23. The van der Waals surface area contributed by atoms with Gasteiger partial charge in [-0.05, 0) is 31.0 Å². The van der Waals surface area contributed by atoms with E-state index in [4.69, 9.17) is 11.6 Å². The third-order valence-corrected chi connectivity index (χ3v) is 2.58. The van der Waals surface area contributed by atoms with Gasteiger partial charge in [-0.2, -0.15) is 0 Å². The van der Waals surface area contributed by atoms with Crippen molar-refractivity contribution in [3.63, 3.8) is 0 Å². The molecule has 0 radical (unpaired) electrons. The maximum atomic E-state index is 6.03. The minimum atomic E-state index is 0.836. The Morgan fingerprint density at radius 1 is 1.40 bits per heavy atom. The monoisotopic (exact) mass is 221 g/mol. The average molecular weight is 222 g/mol. The van der Waals surface area contributed by atoms with Crippen molar-refractivity contribution in [1.29, 1.82) is 0 Å². The van der Waals surface area contributed by atoms with Crippen LogP contribution in [0.15, 0.2) is 18.2 Å². The summed E-state index contributed by atoms with van der Waals surface area (Å²) in [6.07, 6.45) is 0.899. The molecule has 0 atom stereocenters. The van der Waals surface area contributed by atoms with Crippen LogP contribution in [0.2, 0.25) is 5.02 Å². The van der Waals surface area contributed by atoms with Crippen LogP contribution in [0.25, 0.3) is 0 Å². The fraction of sp³-hybridized carbons (Fsp3) is 0.385. The molecule has 0 aromatic heterocycles. The number of rotatable bonds is 4. The number of hydrogen-bond acceptors (Lipinski definition) is 1. The quantitative estimate of drug-likeness (QED) is 0.609. The predicted molar refractivity (Wildman–Crippen MR) is 66.0 cm³/mol. The van der Waals surface area contributed by atoms with Crippen LogP contribution in [-0.2, 0) is 6.54 Å². The summed E-state index contributed by atoms with van der Waals surface area (Å²) in [6.45, 7) is 5.65. The Balaban J connectivity index is 2.36. The van der Waals surface area contributed by atoms with Gasteiger partial charge in [-0.15, -0.1) is 11.8 Å². The van der Waals surface area contributed by atoms with Crippen LogP contribution in [-0.4, -0.2) is 6.54 Å². The first-order valence-corrected chi connectivity index (χ1v) is 5.47. The van der Waals surface area contributed by atoms with Gasteiger partial charge in [0.1, 0.15) is 0 Å². The summed E-state index contributed by atoms with van der Waals surface area (Å²) in [5.41, 5.74) is 2.34. The second kappa shape index (κ2) is 6.50. The highest BCUT2D eigenvalue weighted by molar-refractivity contribution is 6.31. The standard InChI is InChI=1S/C13H16ClN/c1-3-4-5-8-15-10-12-7-6-11(2)13(14)9-12/h6-7,9,15H,5,8,10H2,1-2H3. The van der Waals surface area contributed by atoms with E-state index in [9.17, 15) is 0 Å². The van der Waals surface area contributed by atoms with Gasteiger partial charge in [-0.1, -0.05) is 23.7 Å². The zero-order valence-corrected chi connectivity index (χ0v) is 9.99. The SMILES string of the molecule is CC#CCCNCc1ccc(C)c(Cl)c1. The first kappa shape index (κ1) is 12.1. The van der Waals surface area contributed by atoms with Crippen molar-refractivity contribution in [2.24, 2.45) is 0 Å². The Hall–Kier alpha value is -0.970. The summed E-state index contributed by atoms with van der Waals surface area (Å²) in [7, 11) is 0. The van der Waals surface area contributed by atoms with Crippen molar-refractivity contribution >= 4 is 11.6 Å². The van der Waals surface area contributed by atoms with Crippen LogP contribution in [0.4, 0.5) is 0 Å². The summed E-state index contributed by atoms with van der Waals surface area (Å²) in [6, 6.07) is 6.15. The molecule has 1 aromatic rings. The van der Waals surface area contributed by atoms with E-state index in [1.165, 1.54) is 5.56 Å². The lowest BCUT2D eigenvalue weighted by Crippen LogP contribution is -2.14. The molecular weight excluding hydrogens is 206 g/mol. The predicted octanol–water partition coefficient (Wildman–Crippen LogP) is 3.15. The summed E-state index contributed by atoms with van der Waals surface area (Å²) >= 11 is 6.03. The van der Waals surface area contributed by atoms with Crippen LogP contribution in [0, 0.1) is 18.8 Å². The van der Waals surface area contributed by atoms with E-state index in [2.05, 4.69) is 23.2 Å². The molecule has 0 heterocycles. The molecule has 0 saturated heterocycles. The van der Waals surface area contributed by atoms with E-state index in [-0.39, 0.29) is 0 Å². The van der Waals surface area contributed by atoms with Crippen molar-refractivity contribution < 1.29 is 0 Å². The van der Waals surface area contributed by atoms with E-state index in [0.717, 1.165) is 30.1 Å². The van der Waals surface area contributed by atoms with Crippen LogP contribution in [0.1, 0.15) is 24.5 Å². The Labute approximate surface area is 96.8 Å². The molecule has 1 N–H and O–H groups in total. The van der Waals surface area contributed by atoms with Crippen molar-refractivity contribution in [1.82, 2.24) is 5.32 Å². The van der Waals surface area contributed by atoms with E-state index in [1.54, 1.807) is 0 Å². The molecule has 0 aliphatic rings. The highest BCUT2D eigenvalue weighted by atomic mass is 35.5. The smallest absolute Gasteiger partial charge is 0.0438 e. The third kappa shape index (κ3) is 4.38. The van der Waals surface area contributed by atoms with Crippen molar-refractivity contribution in [3.8, 4) is 11.8 Å². The minimum Gasteiger partial charge on any atom is -0.312 e. The molecule has 0 aliphatic carbocycles. The van der Waals surface area contributed by atoms with Gasteiger partial charge in [-0.3, -0.25) is 0 Å². The van der Waals surface area contributed by atoms with E-state index in [1.807, 2.05) is 26.0 Å². The highest BCUT2D eigenvalue weighted by Gasteiger charge is 1.96. The van der Waals surface area contributed by atoms with Crippen LogP contribution >= 0.6 is 11.6 Å². The minimum absolute atomic E-state index is 0.836. The normalized spacial score (nSPS) is 9.53. The zero-order valence-electron chi connectivity index (χ0n) is 9.23. The fourth-order valence-electron chi connectivity index (χ4n) is 1.25. The molecule has 1 nitrogen and oxygen atoms in total. The lowest BCUT2D eigenvalue weighted by atomic mass is 10.1. The largest absolute Gasteiger partial charge is 0.312 e. The number of benzene rings is 1. The lowest BCUT2D eigenvalue weighted by molar-refractivity contribution is 0.701. The molecule has 15 heavy (non-hydrogen) atoms. The topological polar surface area (TPSA) is 12.0 Å². The summed E-state index contributed by atoms with van der Waals surface area (Å²) in [5.74, 6) is 5.89. The highest BCUT2D eigenvalue weighted by Crippen LogP contribution is 2.16. The lowest BCUT2D eigenvalue weighted by Gasteiger charge is -2.04. The van der Waals surface area contributed by atoms with Gasteiger partial charge >= 0.3 is 0 Å². The first-order valence-electron chi connectivity index (χ1n) is 5.09. The third-order valence-electron chi connectivity index (χ3n) is 2.17. The van der Waals surface area contributed by atoms with Crippen molar-refractivity contribution in [2.75, 3.05) is 6.54 Å². The number of hydrogen-bond donors (Lipinski definition) is 1. The Bertz CT molecular complexity index is 374. The molecule has 0 spiro atoms. The molecule has 2 heteroatoms. The molecule has 0 saturated carbocycles. The van der Waals surface area contributed by atoms with E-state index < -0.39 is 0 Å². The summed E-state index contributed by atoms with van der Waals surface area (Å²) in [5, 5.41) is 4.16.